The average Bonchev–Trinajstić information content (AvgIpc) is 2.41. The summed E-state index contributed by atoms with van der Waals surface area (Å²) in [6.07, 6.45) is -0.911. The molecule has 1 heterocycles. The molecule has 0 bridgehead atoms. The number of amides is 1. The second-order valence-electron chi connectivity index (χ2n) is 5.73. The Morgan fingerprint density at radius 2 is 2.13 bits per heavy atom. The van der Waals surface area contributed by atoms with Gasteiger partial charge in [-0.25, -0.2) is 9.78 Å². The highest BCUT2D eigenvalue weighted by Crippen LogP contribution is 2.20. The van der Waals surface area contributed by atoms with E-state index in [1.54, 1.807) is 27.8 Å². The summed E-state index contributed by atoms with van der Waals surface area (Å²) in [5.41, 5.74) is 4.69. The van der Waals surface area contributed by atoms with Crippen molar-refractivity contribution in [3.8, 4) is 0 Å². The quantitative estimate of drug-likeness (QED) is 0.345. The van der Waals surface area contributed by atoms with Crippen molar-refractivity contribution in [2.75, 3.05) is 24.6 Å². The summed E-state index contributed by atoms with van der Waals surface area (Å²) in [4.78, 5) is 25.6. The molecule has 1 aromatic rings. The van der Waals surface area contributed by atoms with E-state index in [9.17, 15) is 14.9 Å². The number of rotatable bonds is 6. The van der Waals surface area contributed by atoms with Gasteiger partial charge in [0.2, 0.25) is 5.82 Å². The first-order valence-electron chi connectivity index (χ1n) is 6.94. The van der Waals surface area contributed by atoms with E-state index in [0.717, 1.165) is 0 Å². The molecule has 0 saturated carbocycles. The minimum absolute atomic E-state index is 0.185. The number of pyridine rings is 1. The van der Waals surface area contributed by atoms with E-state index in [-0.39, 0.29) is 24.2 Å². The molecule has 1 unspecified atom stereocenters. The zero-order chi connectivity index (χ0) is 17.6. The summed E-state index contributed by atoms with van der Waals surface area (Å²) in [5, 5.41) is 19.2. The highest BCUT2D eigenvalue weighted by molar-refractivity contribution is 5.67. The Bertz CT molecular complexity index is 572. The Kier molecular flexibility index (Phi) is 6.08. The van der Waals surface area contributed by atoms with Crippen LogP contribution >= 0.6 is 0 Å². The highest BCUT2D eigenvalue weighted by Gasteiger charge is 2.18. The van der Waals surface area contributed by atoms with Crippen molar-refractivity contribution in [3.63, 3.8) is 0 Å². The normalized spacial score (nSPS) is 12.3. The Balaban J connectivity index is 2.61. The summed E-state index contributed by atoms with van der Waals surface area (Å²) in [5.74, 6) is 0.161. The SMILES string of the molecule is CNC(CNC(=O)OC(C)(C)C)Nc1ccc([N+](=O)[O-])c(N)n1. The van der Waals surface area contributed by atoms with Crippen LogP contribution in [0.4, 0.5) is 22.1 Å². The van der Waals surface area contributed by atoms with E-state index in [4.69, 9.17) is 10.5 Å². The molecule has 128 valence electrons. The zero-order valence-corrected chi connectivity index (χ0v) is 13.5. The third kappa shape index (κ3) is 6.34. The lowest BCUT2D eigenvalue weighted by atomic mass is 10.2. The maximum Gasteiger partial charge on any atom is 0.407 e. The molecule has 0 spiro atoms. The summed E-state index contributed by atoms with van der Waals surface area (Å²) in [6.45, 7) is 5.52. The number of alkyl carbamates (subject to hydrolysis) is 1. The van der Waals surface area contributed by atoms with Gasteiger partial charge in [0.15, 0.2) is 0 Å². The molecule has 0 aromatic carbocycles. The van der Waals surface area contributed by atoms with Crippen LogP contribution < -0.4 is 21.7 Å². The third-order valence-corrected chi connectivity index (χ3v) is 2.62. The van der Waals surface area contributed by atoms with Crippen molar-refractivity contribution in [2.24, 2.45) is 0 Å². The number of aromatic nitrogens is 1. The first-order chi connectivity index (χ1) is 10.6. The van der Waals surface area contributed by atoms with Gasteiger partial charge in [-0.15, -0.1) is 0 Å². The number of nitro groups is 1. The number of nitrogens with zero attached hydrogens (tertiary/aromatic N) is 2. The van der Waals surface area contributed by atoms with E-state index in [1.807, 2.05) is 0 Å². The van der Waals surface area contributed by atoms with Gasteiger partial charge in [0.05, 0.1) is 17.6 Å². The summed E-state index contributed by atoms with van der Waals surface area (Å²) >= 11 is 0. The van der Waals surface area contributed by atoms with Crippen LogP contribution in [0.2, 0.25) is 0 Å². The molecule has 0 aliphatic rings. The van der Waals surface area contributed by atoms with Crippen molar-refractivity contribution in [3.05, 3.63) is 22.2 Å². The number of ether oxygens (including phenoxy) is 1. The number of nitrogens with two attached hydrogens (primary N) is 1. The molecule has 10 heteroatoms. The van der Waals surface area contributed by atoms with Crippen molar-refractivity contribution in [2.45, 2.75) is 32.5 Å². The van der Waals surface area contributed by atoms with Crippen LogP contribution in [-0.2, 0) is 4.74 Å². The van der Waals surface area contributed by atoms with Gasteiger partial charge in [-0.05, 0) is 33.9 Å². The molecule has 1 rings (SSSR count). The molecule has 0 saturated heterocycles. The van der Waals surface area contributed by atoms with Crippen molar-refractivity contribution in [1.29, 1.82) is 0 Å². The molecular weight excluding hydrogens is 304 g/mol. The van der Waals surface area contributed by atoms with Crippen LogP contribution in [0.15, 0.2) is 12.1 Å². The maximum absolute atomic E-state index is 11.6. The first kappa shape index (κ1) is 18.4. The Hall–Kier alpha value is -2.62. The standard InChI is InChI=1S/C13H22N6O4/c1-13(2,3)23-12(20)16-7-10(15-4)17-9-6-5-8(19(21)22)11(14)18-9/h5-6,10,15H,7H2,1-4H3,(H,16,20)(H3,14,17,18). The number of carbonyl (C=O) groups is 1. The summed E-state index contributed by atoms with van der Waals surface area (Å²) in [6, 6.07) is 2.70. The molecule has 5 N–H and O–H groups in total. The molecule has 1 atom stereocenters. The number of carbonyl (C=O) groups excluding carboxylic acids is 1. The largest absolute Gasteiger partial charge is 0.444 e. The number of hydrogen-bond donors (Lipinski definition) is 4. The van der Waals surface area contributed by atoms with Crippen molar-refractivity contribution in [1.82, 2.24) is 15.6 Å². The van der Waals surface area contributed by atoms with Gasteiger partial charge in [-0.3, -0.25) is 15.4 Å². The number of nitrogens with one attached hydrogen (secondary N) is 3. The molecule has 0 aliphatic carbocycles. The molecule has 0 radical (unpaired) electrons. The lowest BCUT2D eigenvalue weighted by molar-refractivity contribution is -0.384. The third-order valence-electron chi connectivity index (χ3n) is 2.62. The number of anilines is 2. The van der Waals surface area contributed by atoms with Crippen LogP contribution in [-0.4, -0.2) is 41.4 Å². The minimum atomic E-state index is -0.605. The molecular formula is C13H22N6O4. The maximum atomic E-state index is 11.6. The van der Waals surface area contributed by atoms with Gasteiger partial charge in [-0.2, -0.15) is 0 Å². The topological polar surface area (TPSA) is 144 Å². The van der Waals surface area contributed by atoms with Crippen LogP contribution in [0.5, 0.6) is 0 Å². The second-order valence-corrected chi connectivity index (χ2v) is 5.73. The Morgan fingerprint density at radius 1 is 1.48 bits per heavy atom. The van der Waals surface area contributed by atoms with E-state index >= 15 is 0 Å². The fraction of sp³-hybridized carbons (Fsp3) is 0.538. The molecule has 10 nitrogen and oxygen atoms in total. The van der Waals surface area contributed by atoms with Gasteiger partial charge >= 0.3 is 11.8 Å². The van der Waals surface area contributed by atoms with Crippen molar-refractivity contribution < 1.29 is 14.5 Å². The average molecular weight is 326 g/mol. The number of hydrogen-bond acceptors (Lipinski definition) is 8. The van der Waals surface area contributed by atoms with Gasteiger partial charge in [0.1, 0.15) is 11.4 Å². The lowest BCUT2D eigenvalue weighted by Crippen LogP contribution is -2.45. The summed E-state index contributed by atoms with van der Waals surface area (Å²) < 4.78 is 5.13. The van der Waals surface area contributed by atoms with Gasteiger partial charge in [0, 0.05) is 6.07 Å². The van der Waals surface area contributed by atoms with Gasteiger partial charge in [-0.1, -0.05) is 0 Å². The molecule has 0 fully saturated rings. The number of nitrogen functional groups attached to an aromatic ring is 1. The van der Waals surface area contributed by atoms with E-state index < -0.39 is 16.6 Å². The van der Waals surface area contributed by atoms with E-state index in [1.165, 1.54) is 12.1 Å². The van der Waals surface area contributed by atoms with Gasteiger partial charge < -0.3 is 21.1 Å². The van der Waals surface area contributed by atoms with Crippen LogP contribution in [0.25, 0.3) is 0 Å². The predicted molar refractivity (Wildman–Crippen MR) is 86.0 cm³/mol. The monoisotopic (exact) mass is 326 g/mol. The zero-order valence-electron chi connectivity index (χ0n) is 13.5. The molecule has 1 aromatic heterocycles. The van der Waals surface area contributed by atoms with Crippen LogP contribution in [0.1, 0.15) is 20.8 Å². The second kappa shape index (κ2) is 7.58. The molecule has 23 heavy (non-hydrogen) atoms. The Labute approximate surface area is 133 Å². The van der Waals surface area contributed by atoms with Crippen LogP contribution in [0.3, 0.4) is 0 Å². The van der Waals surface area contributed by atoms with E-state index in [2.05, 4.69) is 20.9 Å². The highest BCUT2D eigenvalue weighted by atomic mass is 16.6. The minimum Gasteiger partial charge on any atom is -0.444 e. The van der Waals surface area contributed by atoms with E-state index in [0.29, 0.717) is 5.82 Å². The molecule has 1 amide bonds. The molecule has 0 aliphatic heterocycles. The fourth-order valence-electron chi connectivity index (χ4n) is 1.61. The van der Waals surface area contributed by atoms with Gasteiger partial charge in [0.25, 0.3) is 0 Å². The summed E-state index contributed by atoms with van der Waals surface area (Å²) in [7, 11) is 1.68. The Morgan fingerprint density at radius 3 is 2.61 bits per heavy atom. The number of likely N-dealkylation sites (N-methyl/N-ethyl adjacent to an activating group) is 1. The van der Waals surface area contributed by atoms with Crippen LogP contribution in [0, 0.1) is 10.1 Å². The fourth-order valence-corrected chi connectivity index (χ4v) is 1.61. The van der Waals surface area contributed by atoms with Crippen molar-refractivity contribution >= 4 is 23.4 Å². The predicted octanol–water partition coefficient (Wildman–Crippen LogP) is 1.05. The smallest absolute Gasteiger partial charge is 0.407 e. The first-order valence-corrected chi connectivity index (χ1v) is 6.94. The lowest BCUT2D eigenvalue weighted by Gasteiger charge is -2.22.